The zero-order valence-corrected chi connectivity index (χ0v) is 20.6. The molecule has 3 aromatic carbocycles. The molecular weight excluding hydrogens is 491 g/mol. The summed E-state index contributed by atoms with van der Waals surface area (Å²) in [7, 11) is -5.92. The summed E-state index contributed by atoms with van der Waals surface area (Å²) in [4.78, 5) is 0. The maximum Gasteiger partial charge on any atom is 0.313 e. The highest BCUT2D eigenvalue weighted by Gasteiger charge is 2.58. The van der Waals surface area contributed by atoms with Gasteiger partial charge in [0.05, 0.1) is 10.5 Å². The highest BCUT2D eigenvalue weighted by atomic mass is 32.2. The second-order valence-corrected chi connectivity index (χ2v) is 12.3. The molecule has 0 aliphatic carbocycles. The summed E-state index contributed by atoms with van der Waals surface area (Å²) in [6.07, 6.45) is 0.0599. The third kappa shape index (κ3) is 3.92. The SMILES string of the molecule is Cc1cc(O)ccc1C1=C(c2ccc(O)cc2C)[C@H]2[C@@H](S(=O)(=O)Oc3ccccc3F)C[C@@H]1S2=O. The molecule has 6 nitrogen and oxygen atoms in total. The van der Waals surface area contributed by atoms with Gasteiger partial charge < -0.3 is 14.4 Å². The van der Waals surface area contributed by atoms with E-state index in [9.17, 15) is 27.2 Å². The van der Waals surface area contributed by atoms with Crippen molar-refractivity contribution >= 4 is 32.1 Å². The van der Waals surface area contributed by atoms with Gasteiger partial charge in [-0.3, -0.25) is 4.21 Å². The minimum absolute atomic E-state index is 0.0599. The van der Waals surface area contributed by atoms with E-state index in [4.69, 9.17) is 4.18 Å². The van der Waals surface area contributed by atoms with Crippen molar-refractivity contribution in [2.45, 2.75) is 36.0 Å². The summed E-state index contributed by atoms with van der Waals surface area (Å²) in [6, 6.07) is 14.9. The van der Waals surface area contributed by atoms with Crippen LogP contribution in [-0.4, -0.2) is 38.6 Å². The fourth-order valence-electron chi connectivity index (χ4n) is 5.10. The van der Waals surface area contributed by atoms with Crippen molar-refractivity contribution in [3.05, 3.63) is 88.7 Å². The zero-order valence-electron chi connectivity index (χ0n) is 18.9. The first kappa shape index (κ1) is 23.6. The Bertz CT molecular complexity index is 1510. The molecule has 4 atom stereocenters. The summed E-state index contributed by atoms with van der Waals surface area (Å²) < 4.78 is 59.7. The Morgan fingerprint density at radius 3 is 2.06 bits per heavy atom. The fraction of sp³-hybridized carbons (Fsp3) is 0.231. The van der Waals surface area contributed by atoms with Crippen molar-refractivity contribution in [2.75, 3.05) is 0 Å². The molecule has 182 valence electrons. The van der Waals surface area contributed by atoms with Gasteiger partial charge in [-0.25, -0.2) is 4.39 Å². The quantitative estimate of drug-likeness (QED) is 0.488. The van der Waals surface area contributed by atoms with Gasteiger partial charge in [0.15, 0.2) is 11.6 Å². The number of phenols is 2. The molecule has 2 heterocycles. The van der Waals surface area contributed by atoms with Gasteiger partial charge in [-0.1, -0.05) is 24.3 Å². The number of hydrogen-bond acceptors (Lipinski definition) is 6. The highest BCUT2D eigenvalue weighted by molar-refractivity contribution is 7.93. The first-order chi connectivity index (χ1) is 16.6. The van der Waals surface area contributed by atoms with Crippen LogP contribution in [-0.2, 0) is 20.9 Å². The van der Waals surface area contributed by atoms with E-state index in [0.717, 1.165) is 22.8 Å². The van der Waals surface area contributed by atoms with Crippen molar-refractivity contribution in [3.63, 3.8) is 0 Å². The molecule has 2 N–H and O–H groups in total. The molecule has 35 heavy (non-hydrogen) atoms. The van der Waals surface area contributed by atoms with Gasteiger partial charge in [0.25, 0.3) is 0 Å². The number of hydrogen-bond donors (Lipinski definition) is 2. The largest absolute Gasteiger partial charge is 0.508 e. The lowest BCUT2D eigenvalue weighted by atomic mass is 9.81. The van der Waals surface area contributed by atoms with Gasteiger partial charge in [-0.15, -0.1) is 0 Å². The first-order valence-electron chi connectivity index (χ1n) is 11.0. The van der Waals surface area contributed by atoms with Crippen LogP contribution >= 0.6 is 0 Å². The fourth-order valence-corrected chi connectivity index (χ4v) is 9.47. The minimum atomic E-state index is -4.34. The summed E-state index contributed by atoms with van der Waals surface area (Å²) in [5.74, 6) is -1.05. The Morgan fingerprint density at radius 1 is 0.914 bits per heavy atom. The van der Waals surface area contributed by atoms with E-state index in [0.29, 0.717) is 16.7 Å². The summed E-state index contributed by atoms with van der Waals surface area (Å²) in [6.45, 7) is 3.62. The van der Waals surface area contributed by atoms with Gasteiger partial charge in [0.1, 0.15) is 16.7 Å². The number of para-hydroxylation sites is 1. The number of halogens is 1. The Labute approximate surface area is 205 Å². The maximum absolute atomic E-state index is 14.2. The second kappa shape index (κ2) is 8.49. The van der Waals surface area contributed by atoms with Crippen LogP contribution in [0.15, 0.2) is 60.7 Å². The number of benzene rings is 3. The molecule has 1 saturated heterocycles. The Kier molecular flexibility index (Phi) is 5.72. The normalized spacial score (nSPS) is 23.6. The molecule has 0 radical (unpaired) electrons. The maximum atomic E-state index is 14.2. The van der Waals surface area contributed by atoms with E-state index < -0.39 is 48.2 Å². The number of phenolic OH excluding ortho intramolecular Hbond substituents is 2. The van der Waals surface area contributed by atoms with Crippen LogP contribution in [0.4, 0.5) is 4.39 Å². The van der Waals surface area contributed by atoms with Gasteiger partial charge in [-0.2, -0.15) is 8.42 Å². The molecular formula is C26H23FO6S2. The van der Waals surface area contributed by atoms with E-state index in [1.54, 1.807) is 37.3 Å². The van der Waals surface area contributed by atoms with Crippen LogP contribution in [0.5, 0.6) is 17.2 Å². The molecule has 9 heteroatoms. The van der Waals surface area contributed by atoms with E-state index in [1.165, 1.54) is 24.3 Å². The molecule has 3 aromatic rings. The number of rotatable bonds is 5. The smallest absolute Gasteiger partial charge is 0.313 e. The van der Waals surface area contributed by atoms with Crippen LogP contribution in [0, 0.1) is 19.7 Å². The first-order valence-corrected chi connectivity index (χ1v) is 13.7. The predicted octanol–water partition coefficient (Wildman–Crippen LogP) is 4.45. The lowest BCUT2D eigenvalue weighted by molar-refractivity contribution is 0.449. The molecule has 1 unspecified atom stereocenters. The molecule has 2 aliphatic rings. The van der Waals surface area contributed by atoms with E-state index >= 15 is 0 Å². The van der Waals surface area contributed by atoms with Crippen molar-refractivity contribution in [2.24, 2.45) is 0 Å². The van der Waals surface area contributed by atoms with Crippen LogP contribution in [0.2, 0.25) is 0 Å². The van der Waals surface area contributed by atoms with Crippen molar-refractivity contribution in [1.29, 1.82) is 0 Å². The second-order valence-electron chi connectivity index (χ2n) is 8.84. The molecule has 1 fully saturated rings. The van der Waals surface area contributed by atoms with Crippen LogP contribution in [0.1, 0.15) is 28.7 Å². The standard InChI is InChI=1S/C26H23FO6S2/c1-14-11-16(28)7-9-18(14)24-22-13-23(35(31,32)33-21-6-4-3-5-20(21)27)26(34(22)30)25(24)19-10-8-17(29)12-15(19)2/h3-12,22-23,26,28-29H,13H2,1-2H3/t22-,23-,26+,34?/m0/s1. The Balaban J connectivity index is 1.68. The third-order valence-electron chi connectivity index (χ3n) is 6.63. The summed E-state index contributed by atoms with van der Waals surface area (Å²) in [5, 5.41) is 17.2. The molecule has 2 bridgehead atoms. The molecule has 0 spiro atoms. The van der Waals surface area contributed by atoms with Crippen LogP contribution in [0.25, 0.3) is 11.1 Å². The van der Waals surface area contributed by atoms with E-state index in [2.05, 4.69) is 0 Å². The molecule has 0 saturated carbocycles. The van der Waals surface area contributed by atoms with Crippen molar-refractivity contribution in [3.8, 4) is 17.2 Å². The molecule has 5 rings (SSSR count). The Hall–Kier alpha value is -3.17. The summed E-state index contributed by atoms with van der Waals surface area (Å²) in [5.41, 5.74) is 4.28. The number of aryl methyl sites for hydroxylation is 2. The predicted molar refractivity (Wildman–Crippen MR) is 133 cm³/mol. The average molecular weight is 515 g/mol. The monoisotopic (exact) mass is 514 g/mol. The summed E-state index contributed by atoms with van der Waals surface area (Å²) >= 11 is 0. The average Bonchev–Trinajstić information content (AvgIpc) is 3.26. The lowest BCUT2D eigenvalue weighted by Gasteiger charge is -2.27. The van der Waals surface area contributed by atoms with Crippen LogP contribution < -0.4 is 4.18 Å². The van der Waals surface area contributed by atoms with Gasteiger partial charge in [0.2, 0.25) is 0 Å². The molecule has 0 aromatic heterocycles. The van der Waals surface area contributed by atoms with Gasteiger partial charge in [0, 0.05) is 10.8 Å². The zero-order chi connectivity index (χ0) is 25.1. The third-order valence-corrected chi connectivity index (χ3v) is 10.5. The van der Waals surface area contributed by atoms with E-state index in [1.807, 2.05) is 6.92 Å². The highest BCUT2D eigenvalue weighted by Crippen LogP contribution is 2.54. The lowest BCUT2D eigenvalue weighted by Crippen LogP contribution is -2.36. The number of fused-ring (bicyclic) bond motifs is 2. The molecule has 0 amide bonds. The van der Waals surface area contributed by atoms with Gasteiger partial charge in [-0.05, 0) is 90.1 Å². The topological polar surface area (TPSA) is 101 Å². The number of aromatic hydroxyl groups is 2. The van der Waals surface area contributed by atoms with Crippen molar-refractivity contribution in [1.82, 2.24) is 0 Å². The van der Waals surface area contributed by atoms with Gasteiger partial charge >= 0.3 is 10.1 Å². The minimum Gasteiger partial charge on any atom is -0.508 e. The van der Waals surface area contributed by atoms with E-state index in [-0.39, 0.29) is 17.9 Å². The molecule has 2 aliphatic heterocycles. The Morgan fingerprint density at radius 2 is 1.49 bits per heavy atom. The van der Waals surface area contributed by atoms with Crippen molar-refractivity contribution < 1.29 is 31.4 Å². The van der Waals surface area contributed by atoms with Crippen LogP contribution in [0.3, 0.4) is 0 Å².